The third-order valence-electron chi connectivity index (χ3n) is 5.35. The molecule has 0 amide bonds. The first kappa shape index (κ1) is 18.5. The Balaban J connectivity index is 1.45. The number of halogens is 1. The number of aromatic nitrogens is 2. The lowest BCUT2D eigenvalue weighted by Gasteiger charge is -2.22. The number of ether oxygens (including phenoxy) is 1. The smallest absolute Gasteiger partial charge is 0.136 e. The summed E-state index contributed by atoms with van der Waals surface area (Å²) in [6.07, 6.45) is 3.66. The van der Waals surface area contributed by atoms with E-state index in [4.69, 9.17) is 21.3 Å². The average molecular weight is 384 g/mol. The molecule has 3 aromatic rings. The van der Waals surface area contributed by atoms with Crippen molar-refractivity contribution in [2.75, 3.05) is 19.7 Å². The molecule has 27 heavy (non-hydrogen) atoms. The maximum absolute atomic E-state index is 6.03. The van der Waals surface area contributed by atoms with E-state index in [1.54, 1.807) is 0 Å². The van der Waals surface area contributed by atoms with E-state index in [1.807, 2.05) is 18.2 Å². The highest BCUT2D eigenvalue weighted by atomic mass is 35.5. The zero-order chi connectivity index (χ0) is 18.5. The van der Waals surface area contributed by atoms with Crippen molar-refractivity contribution in [2.24, 2.45) is 5.92 Å². The number of benzene rings is 2. The van der Waals surface area contributed by atoms with Gasteiger partial charge in [0.15, 0.2) is 0 Å². The van der Waals surface area contributed by atoms with Crippen LogP contribution < -0.4 is 5.32 Å². The van der Waals surface area contributed by atoms with Crippen LogP contribution in [-0.2, 0) is 17.9 Å². The number of piperidine rings is 1. The molecule has 1 aliphatic heterocycles. The van der Waals surface area contributed by atoms with Crippen LogP contribution in [0.2, 0.25) is 5.02 Å². The van der Waals surface area contributed by atoms with Crippen LogP contribution in [-0.4, -0.2) is 29.2 Å². The first-order valence-electron chi connectivity index (χ1n) is 9.76. The first-order chi connectivity index (χ1) is 13.3. The second-order valence-corrected chi connectivity index (χ2v) is 7.70. The molecule has 1 N–H and O–H groups in total. The highest BCUT2D eigenvalue weighted by molar-refractivity contribution is 6.30. The van der Waals surface area contributed by atoms with Gasteiger partial charge in [-0.2, -0.15) is 0 Å². The van der Waals surface area contributed by atoms with E-state index in [0.29, 0.717) is 6.61 Å². The average Bonchev–Trinajstić information content (AvgIpc) is 3.05. The lowest BCUT2D eigenvalue weighted by atomic mass is 9.95. The van der Waals surface area contributed by atoms with Gasteiger partial charge in [0.05, 0.1) is 11.0 Å². The Morgan fingerprint density at radius 1 is 1.07 bits per heavy atom. The van der Waals surface area contributed by atoms with Crippen molar-refractivity contribution in [1.29, 1.82) is 0 Å². The van der Waals surface area contributed by atoms with Crippen molar-refractivity contribution < 1.29 is 4.74 Å². The monoisotopic (exact) mass is 383 g/mol. The standard InChI is InChI=1S/C22H26ClN3O/c23-19-7-5-18(6-8-19)15-26-21-4-2-1-3-20(21)25-22(26)16-27-14-11-17-9-12-24-13-10-17/h1-8,17,24H,9-16H2. The largest absolute Gasteiger partial charge is 0.374 e. The van der Waals surface area contributed by atoms with Crippen LogP contribution in [0.15, 0.2) is 48.5 Å². The molecule has 0 unspecified atom stereocenters. The van der Waals surface area contributed by atoms with Crippen LogP contribution in [0.4, 0.5) is 0 Å². The normalized spacial score (nSPS) is 15.4. The van der Waals surface area contributed by atoms with Crippen LogP contribution in [0.1, 0.15) is 30.7 Å². The molecule has 1 fully saturated rings. The number of fused-ring (bicyclic) bond motifs is 1. The second kappa shape index (κ2) is 8.87. The summed E-state index contributed by atoms with van der Waals surface area (Å²) in [5.41, 5.74) is 3.37. The van der Waals surface area contributed by atoms with E-state index in [2.05, 4.69) is 40.2 Å². The van der Waals surface area contributed by atoms with Crippen LogP contribution in [0.25, 0.3) is 11.0 Å². The Hall–Kier alpha value is -1.88. The molecule has 142 valence electrons. The molecule has 2 heterocycles. The fourth-order valence-corrected chi connectivity index (χ4v) is 3.89. The molecule has 4 rings (SSSR count). The van der Waals surface area contributed by atoms with Crippen molar-refractivity contribution in [3.05, 3.63) is 64.9 Å². The van der Waals surface area contributed by atoms with Crippen LogP contribution >= 0.6 is 11.6 Å². The first-order valence-corrected chi connectivity index (χ1v) is 10.1. The Morgan fingerprint density at radius 2 is 1.85 bits per heavy atom. The number of nitrogens with zero attached hydrogens (tertiary/aromatic N) is 2. The van der Waals surface area contributed by atoms with E-state index in [-0.39, 0.29) is 0 Å². The Morgan fingerprint density at radius 3 is 2.67 bits per heavy atom. The van der Waals surface area contributed by atoms with E-state index in [1.165, 1.54) is 18.4 Å². The number of imidazole rings is 1. The van der Waals surface area contributed by atoms with E-state index >= 15 is 0 Å². The highest BCUT2D eigenvalue weighted by Crippen LogP contribution is 2.20. The minimum Gasteiger partial charge on any atom is -0.374 e. The van der Waals surface area contributed by atoms with Gasteiger partial charge < -0.3 is 14.6 Å². The number of nitrogens with one attached hydrogen (secondary N) is 1. The van der Waals surface area contributed by atoms with Crippen molar-refractivity contribution in [1.82, 2.24) is 14.9 Å². The summed E-state index contributed by atoms with van der Waals surface area (Å²) in [6.45, 7) is 4.40. The molecule has 0 spiro atoms. The molecule has 1 saturated heterocycles. The summed E-state index contributed by atoms with van der Waals surface area (Å²) in [5.74, 6) is 1.77. The Bertz CT molecular complexity index is 869. The predicted molar refractivity (Wildman–Crippen MR) is 110 cm³/mol. The second-order valence-electron chi connectivity index (χ2n) is 7.26. The third-order valence-corrected chi connectivity index (χ3v) is 5.60. The maximum Gasteiger partial charge on any atom is 0.136 e. The maximum atomic E-state index is 6.03. The minimum absolute atomic E-state index is 0.549. The summed E-state index contributed by atoms with van der Waals surface area (Å²) in [5, 5.41) is 4.18. The van der Waals surface area contributed by atoms with Gasteiger partial charge in [0.25, 0.3) is 0 Å². The van der Waals surface area contributed by atoms with E-state index < -0.39 is 0 Å². The molecular weight excluding hydrogens is 358 g/mol. The lowest BCUT2D eigenvalue weighted by Crippen LogP contribution is -2.28. The molecule has 1 aliphatic rings. The zero-order valence-electron chi connectivity index (χ0n) is 15.5. The summed E-state index contributed by atoms with van der Waals surface area (Å²) in [7, 11) is 0. The molecule has 0 atom stereocenters. The molecule has 0 aliphatic carbocycles. The molecule has 1 aromatic heterocycles. The summed E-state index contributed by atoms with van der Waals surface area (Å²) >= 11 is 6.03. The molecule has 4 nitrogen and oxygen atoms in total. The summed E-state index contributed by atoms with van der Waals surface area (Å²) < 4.78 is 8.28. The van der Waals surface area contributed by atoms with Gasteiger partial charge in [-0.15, -0.1) is 0 Å². The van der Waals surface area contributed by atoms with Gasteiger partial charge in [0.1, 0.15) is 12.4 Å². The van der Waals surface area contributed by atoms with Crippen molar-refractivity contribution in [2.45, 2.75) is 32.4 Å². The van der Waals surface area contributed by atoms with Gasteiger partial charge in [0.2, 0.25) is 0 Å². The Labute approximate surface area is 165 Å². The van der Waals surface area contributed by atoms with Gasteiger partial charge in [-0.3, -0.25) is 0 Å². The van der Waals surface area contributed by atoms with E-state index in [0.717, 1.165) is 60.5 Å². The summed E-state index contributed by atoms with van der Waals surface area (Å²) in [4.78, 5) is 4.81. The molecule has 5 heteroatoms. The molecule has 2 aromatic carbocycles. The van der Waals surface area contributed by atoms with Crippen LogP contribution in [0.5, 0.6) is 0 Å². The highest BCUT2D eigenvalue weighted by Gasteiger charge is 2.14. The van der Waals surface area contributed by atoms with Gasteiger partial charge in [-0.05, 0) is 68.1 Å². The van der Waals surface area contributed by atoms with Gasteiger partial charge in [-0.25, -0.2) is 4.98 Å². The molecule has 0 radical (unpaired) electrons. The van der Waals surface area contributed by atoms with E-state index in [9.17, 15) is 0 Å². The van der Waals surface area contributed by atoms with Gasteiger partial charge in [-0.1, -0.05) is 35.9 Å². The topological polar surface area (TPSA) is 39.1 Å². The predicted octanol–water partition coefficient (Wildman–Crippen LogP) is 4.64. The third kappa shape index (κ3) is 4.70. The fourth-order valence-electron chi connectivity index (χ4n) is 3.77. The van der Waals surface area contributed by atoms with Crippen molar-refractivity contribution in [3.8, 4) is 0 Å². The fraction of sp³-hybridized carbons (Fsp3) is 0.409. The molecule has 0 bridgehead atoms. The lowest BCUT2D eigenvalue weighted by molar-refractivity contribution is 0.0964. The number of para-hydroxylation sites is 2. The van der Waals surface area contributed by atoms with Crippen molar-refractivity contribution >= 4 is 22.6 Å². The SMILES string of the molecule is Clc1ccc(Cn2c(COCCC3CCNCC3)nc3ccccc32)cc1. The number of hydrogen-bond donors (Lipinski definition) is 1. The zero-order valence-corrected chi connectivity index (χ0v) is 16.3. The summed E-state index contributed by atoms with van der Waals surface area (Å²) in [6, 6.07) is 16.3. The molecule has 0 saturated carbocycles. The van der Waals surface area contributed by atoms with Crippen molar-refractivity contribution in [3.63, 3.8) is 0 Å². The number of rotatable bonds is 7. The van der Waals surface area contributed by atoms with Gasteiger partial charge in [0, 0.05) is 18.2 Å². The minimum atomic E-state index is 0.549. The number of hydrogen-bond acceptors (Lipinski definition) is 3. The quantitative estimate of drug-likeness (QED) is 0.604. The van der Waals surface area contributed by atoms with Crippen LogP contribution in [0.3, 0.4) is 0 Å². The van der Waals surface area contributed by atoms with Crippen LogP contribution in [0, 0.1) is 5.92 Å². The Kier molecular flexibility index (Phi) is 6.07. The molecular formula is C22H26ClN3O. The van der Waals surface area contributed by atoms with Gasteiger partial charge >= 0.3 is 0 Å².